The lowest BCUT2D eigenvalue weighted by Gasteiger charge is -2.16. The average molecular weight is 780 g/mol. The van der Waals surface area contributed by atoms with Gasteiger partial charge in [0.05, 0.1) is 56.6 Å². The Labute approximate surface area is 346 Å². The second-order valence-electron chi connectivity index (χ2n) is 15.5. The zero-order valence-electron chi connectivity index (χ0n) is 31.9. The fourth-order valence-corrected chi connectivity index (χ4v) is 11.1. The molecule has 4 aromatic heterocycles. The Morgan fingerprint density at radius 1 is 0.450 bits per heavy atom. The van der Waals surface area contributed by atoms with Crippen molar-refractivity contribution in [2.24, 2.45) is 0 Å². The van der Waals surface area contributed by atoms with Crippen molar-refractivity contribution in [1.82, 2.24) is 13.7 Å². The second-order valence-corrected chi connectivity index (χ2v) is 16.5. The maximum atomic E-state index is 11.1. The minimum atomic E-state index is 0.473. The minimum Gasteiger partial charge on any atom is -0.318 e. The van der Waals surface area contributed by atoms with E-state index >= 15 is 0 Å². The minimum absolute atomic E-state index is 0.473. The fourth-order valence-electron chi connectivity index (χ4n) is 10.0. The van der Waals surface area contributed by atoms with Crippen LogP contribution in [0.3, 0.4) is 0 Å². The molecule has 60 heavy (non-hydrogen) atoms. The maximum absolute atomic E-state index is 11.1. The number of hydrogen-bond acceptors (Lipinski definition) is 2. The number of hydrogen-bond donors (Lipinski definition) is 0. The number of thiophene rings is 1. The van der Waals surface area contributed by atoms with Crippen LogP contribution < -0.4 is 0 Å². The van der Waals surface area contributed by atoms with E-state index in [0.29, 0.717) is 22.6 Å². The molecule has 0 spiro atoms. The van der Waals surface area contributed by atoms with Gasteiger partial charge in [0.1, 0.15) is 6.07 Å². The third-order valence-corrected chi connectivity index (χ3v) is 13.6. The molecule has 0 N–H and O–H groups in total. The van der Waals surface area contributed by atoms with Crippen molar-refractivity contribution in [3.63, 3.8) is 0 Å². The number of para-hydroxylation sites is 3. The summed E-state index contributed by atoms with van der Waals surface area (Å²) in [5.74, 6) is 0. The SMILES string of the molecule is [C-]#[N+]c1cc(-n2c3ccc(-n4c5ccccc5c5ccccc54)cc3c3c4ccccc4ccc32)c(C#N)cc1-n1c2ccccc2c2ccc3sc4ccccc4c3c21. The lowest BCUT2D eigenvalue weighted by Crippen LogP contribution is -2.02. The molecular weight excluding hydrogens is 751 g/mol. The Morgan fingerprint density at radius 2 is 1.07 bits per heavy atom. The quantitative estimate of drug-likeness (QED) is 0.165. The van der Waals surface area contributed by atoms with E-state index < -0.39 is 0 Å². The van der Waals surface area contributed by atoms with Gasteiger partial charge in [-0.25, -0.2) is 4.85 Å². The smallest absolute Gasteiger partial charge is 0.212 e. The van der Waals surface area contributed by atoms with Gasteiger partial charge >= 0.3 is 0 Å². The Morgan fingerprint density at radius 3 is 1.80 bits per heavy atom. The molecule has 6 heteroatoms. The Kier molecular flexibility index (Phi) is 6.67. The topological polar surface area (TPSA) is 42.9 Å². The monoisotopic (exact) mass is 779 g/mol. The molecule has 0 radical (unpaired) electrons. The van der Waals surface area contributed by atoms with E-state index in [1.165, 1.54) is 25.6 Å². The second kappa shape index (κ2) is 12.2. The summed E-state index contributed by atoms with van der Waals surface area (Å²) in [4.78, 5) is 4.24. The molecule has 5 nitrogen and oxygen atoms in total. The molecule has 0 aliphatic carbocycles. The third-order valence-electron chi connectivity index (χ3n) is 12.5. The summed E-state index contributed by atoms with van der Waals surface area (Å²) >= 11 is 1.78. The van der Waals surface area contributed by atoms with E-state index in [1.54, 1.807) is 11.3 Å². The van der Waals surface area contributed by atoms with Crippen molar-refractivity contribution >= 4 is 113 Å². The molecule has 0 saturated carbocycles. The molecule has 13 aromatic rings. The van der Waals surface area contributed by atoms with E-state index in [1.807, 2.05) is 18.2 Å². The molecule has 0 unspecified atom stereocenters. The third kappa shape index (κ3) is 4.32. The highest BCUT2D eigenvalue weighted by Gasteiger charge is 2.24. The molecular formula is C54H29N5S. The summed E-state index contributed by atoms with van der Waals surface area (Å²) in [6, 6.07) is 64.5. The summed E-state index contributed by atoms with van der Waals surface area (Å²) < 4.78 is 9.18. The van der Waals surface area contributed by atoms with Gasteiger partial charge in [0.25, 0.3) is 0 Å². The van der Waals surface area contributed by atoms with E-state index in [4.69, 9.17) is 6.57 Å². The highest BCUT2D eigenvalue weighted by molar-refractivity contribution is 7.26. The van der Waals surface area contributed by atoms with Crippen LogP contribution in [-0.4, -0.2) is 13.7 Å². The molecule has 0 bridgehead atoms. The number of rotatable bonds is 3. The predicted octanol–water partition coefficient (Wildman–Crippen LogP) is 14.9. The summed E-state index contributed by atoms with van der Waals surface area (Å²) in [5.41, 5.74) is 9.68. The lowest BCUT2D eigenvalue weighted by atomic mass is 10.0. The number of aromatic nitrogens is 3. The Hall–Kier alpha value is -8.16. The molecule has 13 rings (SSSR count). The largest absolute Gasteiger partial charge is 0.318 e. The molecule has 9 aromatic carbocycles. The standard InChI is InChI=1S/C54H29N5S/c1-56-42-30-48(33(31-55)28-49(42)59-45-20-10-6-16-38(45)39-24-27-51-53(54(39)59)40-17-7-11-21-50(40)60-51)58-46-26-23-34(29-41(46)52-35-13-3-2-12-32(35)22-25-47(52)58)57-43-18-8-4-14-36(43)37-15-5-9-19-44(37)57/h2-30H. The molecule has 0 amide bonds. The van der Waals surface area contributed by atoms with Crippen LogP contribution in [0.4, 0.5) is 5.69 Å². The first kappa shape index (κ1) is 32.9. The van der Waals surface area contributed by atoms with Gasteiger partial charge in [0.2, 0.25) is 5.69 Å². The van der Waals surface area contributed by atoms with E-state index in [0.717, 1.165) is 76.5 Å². The Balaban J connectivity index is 1.12. The summed E-state index contributed by atoms with van der Waals surface area (Å²) in [6.07, 6.45) is 0. The molecule has 0 fully saturated rings. The van der Waals surface area contributed by atoms with Crippen LogP contribution in [0.1, 0.15) is 5.56 Å². The van der Waals surface area contributed by atoms with Gasteiger partial charge in [0, 0.05) is 58.2 Å². The van der Waals surface area contributed by atoms with Crippen LogP contribution in [-0.2, 0) is 0 Å². The maximum Gasteiger partial charge on any atom is 0.212 e. The zero-order chi connectivity index (χ0) is 39.6. The average Bonchev–Trinajstić information content (AvgIpc) is 4.04. The van der Waals surface area contributed by atoms with E-state index in [-0.39, 0.29) is 0 Å². The number of benzene rings is 9. The van der Waals surface area contributed by atoms with E-state index in [9.17, 15) is 5.26 Å². The Bertz CT molecular complexity index is 4050. The van der Waals surface area contributed by atoms with Crippen molar-refractivity contribution in [2.45, 2.75) is 0 Å². The first-order valence-electron chi connectivity index (χ1n) is 19.9. The van der Waals surface area contributed by atoms with Crippen LogP contribution in [0.2, 0.25) is 0 Å². The highest BCUT2D eigenvalue weighted by Crippen LogP contribution is 2.46. The van der Waals surface area contributed by atoms with Crippen molar-refractivity contribution in [3.8, 4) is 23.1 Å². The number of nitriles is 1. The first-order chi connectivity index (χ1) is 29.7. The van der Waals surface area contributed by atoms with Crippen LogP contribution >= 0.6 is 11.3 Å². The molecule has 276 valence electrons. The van der Waals surface area contributed by atoms with Gasteiger partial charge in [-0.2, -0.15) is 5.26 Å². The predicted molar refractivity (Wildman–Crippen MR) is 251 cm³/mol. The van der Waals surface area contributed by atoms with Crippen molar-refractivity contribution in [3.05, 3.63) is 193 Å². The summed E-state index contributed by atoms with van der Waals surface area (Å²) in [7, 11) is 0. The van der Waals surface area contributed by atoms with Gasteiger partial charge in [0.15, 0.2) is 0 Å². The van der Waals surface area contributed by atoms with Crippen LogP contribution in [0.25, 0.3) is 118 Å². The molecule has 4 heterocycles. The van der Waals surface area contributed by atoms with Crippen LogP contribution in [0.15, 0.2) is 176 Å². The molecule has 0 aliphatic heterocycles. The summed E-state index contributed by atoms with van der Waals surface area (Å²) in [6.45, 7) is 8.71. The van der Waals surface area contributed by atoms with Gasteiger partial charge in [-0.05, 0) is 77.5 Å². The normalized spacial score (nSPS) is 12.0. The van der Waals surface area contributed by atoms with Crippen LogP contribution in [0.5, 0.6) is 0 Å². The molecule has 0 aliphatic rings. The number of fused-ring (bicyclic) bond motifs is 15. The molecule has 0 atom stereocenters. The van der Waals surface area contributed by atoms with Gasteiger partial charge in [-0.1, -0.05) is 109 Å². The fraction of sp³-hybridized carbons (Fsp3) is 0. The van der Waals surface area contributed by atoms with Crippen molar-refractivity contribution in [2.75, 3.05) is 0 Å². The van der Waals surface area contributed by atoms with Gasteiger partial charge in [-0.15, -0.1) is 11.3 Å². The van der Waals surface area contributed by atoms with Crippen molar-refractivity contribution < 1.29 is 0 Å². The van der Waals surface area contributed by atoms with Gasteiger partial charge in [-0.3, -0.25) is 0 Å². The van der Waals surface area contributed by atoms with Gasteiger partial charge < -0.3 is 13.7 Å². The zero-order valence-corrected chi connectivity index (χ0v) is 32.7. The first-order valence-corrected chi connectivity index (χ1v) is 20.8. The van der Waals surface area contributed by atoms with Crippen LogP contribution in [0, 0.1) is 17.9 Å². The highest BCUT2D eigenvalue weighted by atomic mass is 32.1. The van der Waals surface area contributed by atoms with Crippen molar-refractivity contribution in [1.29, 1.82) is 5.26 Å². The lowest BCUT2D eigenvalue weighted by molar-refractivity contribution is 1.14. The summed E-state index contributed by atoms with van der Waals surface area (Å²) in [5, 5.41) is 22.6. The van der Waals surface area contributed by atoms with E-state index in [2.05, 4.69) is 182 Å². The number of nitrogens with zero attached hydrogens (tertiary/aromatic N) is 5. The molecule has 0 saturated heterocycles.